The summed E-state index contributed by atoms with van der Waals surface area (Å²) in [6, 6.07) is 10.9. The summed E-state index contributed by atoms with van der Waals surface area (Å²) < 4.78 is 1.38. The fraction of sp³-hybridized carbons (Fsp3) is 0.0588. The average molecular weight is 343 g/mol. The molecule has 3 aromatic rings. The van der Waals surface area contributed by atoms with E-state index in [1.807, 2.05) is 0 Å². The van der Waals surface area contributed by atoms with Gasteiger partial charge in [-0.3, -0.25) is 24.3 Å². The van der Waals surface area contributed by atoms with Crippen LogP contribution in [0.15, 0.2) is 42.5 Å². The lowest BCUT2D eigenvalue weighted by molar-refractivity contribution is -0.384. The predicted octanol–water partition coefficient (Wildman–Crippen LogP) is 4.01. The third-order valence-electron chi connectivity index (χ3n) is 3.87. The zero-order valence-corrected chi connectivity index (χ0v) is 13.3. The van der Waals surface area contributed by atoms with Crippen molar-refractivity contribution in [2.45, 2.75) is 6.92 Å². The first-order chi connectivity index (χ1) is 11.5. The Hall–Kier alpha value is -2.99. The molecule has 0 aliphatic rings. The second-order valence-corrected chi connectivity index (χ2v) is 5.61. The quantitative estimate of drug-likeness (QED) is 0.409. The number of benzene rings is 2. The molecule has 0 bridgehead atoms. The van der Waals surface area contributed by atoms with Crippen LogP contribution in [0.2, 0.25) is 5.02 Å². The van der Waals surface area contributed by atoms with Gasteiger partial charge in [0.15, 0.2) is 6.29 Å². The van der Waals surface area contributed by atoms with E-state index in [9.17, 15) is 19.7 Å². The van der Waals surface area contributed by atoms with Gasteiger partial charge in [0.1, 0.15) is 5.02 Å². The lowest BCUT2D eigenvalue weighted by Gasteiger charge is -2.07. The standard InChI is InChI=1S/C17H11ClN2O4/c1-10-13(9-21)12-4-2-3-5-15(12)19(10)17(22)11-6-7-14(18)16(8-11)20(23)24/h2-9H,1H3. The number of fused-ring (bicyclic) bond motifs is 1. The Morgan fingerprint density at radius 1 is 1.25 bits per heavy atom. The van der Waals surface area contributed by atoms with Crippen molar-refractivity contribution in [1.29, 1.82) is 0 Å². The van der Waals surface area contributed by atoms with Crippen LogP contribution in [0.4, 0.5) is 5.69 Å². The molecule has 1 aromatic heterocycles. The van der Waals surface area contributed by atoms with Crippen LogP contribution in [0.1, 0.15) is 26.4 Å². The Morgan fingerprint density at radius 2 is 1.96 bits per heavy atom. The molecular weight excluding hydrogens is 332 g/mol. The highest BCUT2D eigenvalue weighted by Gasteiger charge is 2.22. The monoisotopic (exact) mass is 342 g/mol. The van der Waals surface area contributed by atoms with Gasteiger partial charge in [0.2, 0.25) is 0 Å². The molecule has 120 valence electrons. The maximum atomic E-state index is 12.9. The molecule has 0 N–H and O–H groups in total. The predicted molar refractivity (Wildman–Crippen MR) is 89.9 cm³/mol. The van der Waals surface area contributed by atoms with Crippen LogP contribution >= 0.6 is 11.6 Å². The Kier molecular flexibility index (Phi) is 3.91. The molecule has 1 heterocycles. The van der Waals surface area contributed by atoms with Crippen LogP contribution in [-0.2, 0) is 0 Å². The molecule has 0 atom stereocenters. The van der Waals surface area contributed by atoms with Gasteiger partial charge in [-0.25, -0.2) is 0 Å². The number of nitrogens with zero attached hydrogens (tertiary/aromatic N) is 2. The number of rotatable bonds is 3. The summed E-state index contributed by atoms with van der Waals surface area (Å²) in [7, 11) is 0. The molecule has 0 unspecified atom stereocenters. The van der Waals surface area contributed by atoms with Crippen LogP contribution in [0, 0.1) is 17.0 Å². The van der Waals surface area contributed by atoms with Gasteiger partial charge in [0.25, 0.3) is 11.6 Å². The molecule has 2 aromatic carbocycles. The minimum atomic E-state index is -0.642. The molecule has 0 spiro atoms. The van der Waals surface area contributed by atoms with Crippen molar-refractivity contribution in [3.8, 4) is 0 Å². The van der Waals surface area contributed by atoms with E-state index >= 15 is 0 Å². The van der Waals surface area contributed by atoms with E-state index < -0.39 is 10.8 Å². The molecule has 0 aliphatic heterocycles. The largest absolute Gasteiger partial charge is 0.298 e. The normalized spacial score (nSPS) is 10.8. The van der Waals surface area contributed by atoms with Gasteiger partial charge in [0, 0.05) is 28.3 Å². The lowest BCUT2D eigenvalue weighted by atomic mass is 10.1. The number of halogens is 1. The van der Waals surface area contributed by atoms with Crippen LogP contribution in [-0.4, -0.2) is 21.7 Å². The van der Waals surface area contributed by atoms with Gasteiger partial charge in [-0.15, -0.1) is 0 Å². The van der Waals surface area contributed by atoms with E-state index in [-0.39, 0.29) is 16.3 Å². The lowest BCUT2D eigenvalue weighted by Crippen LogP contribution is -2.14. The van der Waals surface area contributed by atoms with Crippen LogP contribution in [0.3, 0.4) is 0 Å². The average Bonchev–Trinajstić information content (AvgIpc) is 2.85. The molecule has 0 amide bonds. The molecule has 0 saturated carbocycles. The number of para-hydroxylation sites is 1. The highest BCUT2D eigenvalue weighted by molar-refractivity contribution is 6.32. The molecule has 7 heteroatoms. The van der Waals surface area contributed by atoms with Gasteiger partial charge in [-0.05, 0) is 25.1 Å². The number of nitro benzene ring substituents is 1. The maximum Gasteiger partial charge on any atom is 0.288 e. The third kappa shape index (κ3) is 2.37. The van der Waals surface area contributed by atoms with Gasteiger partial charge in [-0.1, -0.05) is 29.8 Å². The van der Waals surface area contributed by atoms with Crippen LogP contribution in [0.5, 0.6) is 0 Å². The molecule has 0 aliphatic carbocycles. The fourth-order valence-corrected chi connectivity index (χ4v) is 2.90. The molecule has 0 radical (unpaired) electrons. The minimum Gasteiger partial charge on any atom is -0.298 e. The van der Waals surface area contributed by atoms with Gasteiger partial charge < -0.3 is 0 Å². The number of aromatic nitrogens is 1. The zero-order chi connectivity index (χ0) is 17.4. The molecular formula is C17H11ClN2O4. The zero-order valence-electron chi connectivity index (χ0n) is 12.5. The summed E-state index contributed by atoms with van der Waals surface area (Å²) in [6.07, 6.45) is 0.700. The molecule has 6 nitrogen and oxygen atoms in total. The number of carbonyl (C=O) groups excluding carboxylic acids is 2. The van der Waals surface area contributed by atoms with Gasteiger partial charge >= 0.3 is 0 Å². The first-order valence-electron chi connectivity index (χ1n) is 6.99. The number of hydrogen-bond acceptors (Lipinski definition) is 4. The van der Waals surface area contributed by atoms with E-state index in [0.29, 0.717) is 28.4 Å². The van der Waals surface area contributed by atoms with Crippen molar-refractivity contribution in [2.24, 2.45) is 0 Å². The first kappa shape index (κ1) is 15.9. The molecule has 3 rings (SSSR count). The Morgan fingerprint density at radius 3 is 2.62 bits per heavy atom. The van der Waals surface area contributed by atoms with E-state index in [0.717, 1.165) is 6.07 Å². The molecule has 0 saturated heterocycles. The Labute approximate surface area is 141 Å². The smallest absolute Gasteiger partial charge is 0.288 e. The number of aldehydes is 1. The van der Waals surface area contributed by atoms with E-state index in [2.05, 4.69) is 0 Å². The minimum absolute atomic E-state index is 0.0424. The van der Waals surface area contributed by atoms with E-state index in [4.69, 9.17) is 11.6 Å². The van der Waals surface area contributed by atoms with Crippen LogP contribution in [0.25, 0.3) is 10.9 Å². The fourth-order valence-electron chi connectivity index (χ4n) is 2.72. The highest BCUT2D eigenvalue weighted by atomic mass is 35.5. The SMILES string of the molecule is Cc1c(C=O)c2ccccc2n1C(=O)c1ccc(Cl)c([N+](=O)[O-])c1. The second-order valence-electron chi connectivity index (χ2n) is 5.20. The van der Waals surface area contributed by atoms with Crippen molar-refractivity contribution < 1.29 is 14.5 Å². The number of hydrogen-bond donors (Lipinski definition) is 0. The molecule has 0 fully saturated rings. The van der Waals surface area contributed by atoms with Crippen LogP contribution < -0.4 is 0 Å². The van der Waals surface area contributed by atoms with Crippen molar-refractivity contribution in [3.63, 3.8) is 0 Å². The number of carbonyl (C=O) groups is 2. The van der Waals surface area contributed by atoms with E-state index in [1.165, 1.54) is 16.7 Å². The Balaban J connectivity index is 2.23. The van der Waals surface area contributed by atoms with Crippen molar-refractivity contribution >= 4 is 40.4 Å². The topological polar surface area (TPSA) is 82.2 Å². The van der Waals surface area contributed by atoms with E-state index in [1.54, 1.807) is 31.2 Å². The summed E-state index contributed by atoms with van der Waals surface area (Å²) >= 11 is 5.79. The second kappa shape index (κ2) is 5.90. The maximum absolute atomic E-state index is 12.9. The van der Waals surface area contributed by atoms with Crippen molar-refractivity contribution in [3.05, 3.63) is 74.4 Å². The first-order valence-corrected chi connectivity index (χ1v) is 7.37. The summed E-state index contributed by atoms with van der Waals surface area (Å²) in [5.41, 5.74) is 1.25. The highest BCUT2D eigenvalue weighted by Crippen LogP contribution is 2.28. The summed E-state index contributed by atoms with van der Waals surface area (Å²) in [4.78, 5) is 34.6. The summed E-state index contributed by atoms with van der Waals surface area (Å²) in [5.74, 6) is -0.462. The summed E-state index contributed by atoms with van der Waals surface area (Å²) in [5, 5.41) is 11.6. The number of nitro groups is 1. The summed E-state index contributed by atoms with van der Waals surface area (Å²) in [6.45, 7) is 1.66. The van der Waals surface area contributed by atoms with Gasteiger partial charge in [-0.2, -0.15) is 0 Å². The van der Waals surface area contributed by atoms with Gasteiger partial charge in [0.05, 0.1) is 10.4 Å². The molecule has 24 heavy (non-hydrogen) atoms. The third-order valence-corrected chi connectivity index (χ3v) is 4.19. The van der Waals surface area contributed by atoms with Crippen molar-refractivity contribution in [1.82, 2.24) is 4.57 Å². The Bertz CT molecular complexity index is 1010. The van der Waals surface area contributed by atoms with Crippen molar-refractivity contribution in [2.75, 3.05) is 0 Å².